The molecule has 0 unspecified atom stereocenters. The van der Waals surface area contributed by atoms with E-state index in [4.69, 9.17) is 9.84 Å². The zero-order chi connectivity index (χ0) is 15.8. The van der Waals surface area contributed by atoms with Gasteiger partial charge in [0.25, 0.3) is 5.69 Å². The van der Waals surface area contributed by atoms with Crippen LogP contribution in [-0.2, 0) is 4.74 Å². The topological polar surface area (TPSA) is 102 Å². The van der Waals surface area contributed by atoms with Crippen LogP contribution in [-0.4, -0.2) is 35.3 Å². The van der Waals surface area contributed by atoms with E-state index in [0.29, 0.717) is 18.8 Å². The normalized spacial score (nSPS) is 10.6. The minimum atomic E-state index is -1.31. The highest BCUT2D eigenvalue weighted by Gasteiger charge is 2.19. The Morgan fingerprint density at radius 3 is 2.71 bits per heavy atom. The largest absolute Gasteiger partial charge is 0.477 e. The fraction of sp³-hybridized carbons (Fsp3) is 0.500. The zero-order valence-corrected chi connectivity index (χ0v) is 12.2. The summed E-state index contributed by atoms with van der Waals surface area (Å²) in [6, 6.07) is 4.01. The van der Waals surface area contributed by atoms with Gasteiger partial charge in [0.1, 0.15) is 5.56 Å². The maximum absolute atomic E-state index is 10.9. The lowest BCUT2D eigenvalue weighted by molar-refractivity contribution is -0.385. The average Bonchev–Trinajstić information content (AvgIpc) is 2.41. The molecule has 0 saturated carbocycles. The minimum absolute atomic E-state index is 0.212. The molecule has 0 bridgehead atoms. The number of unbranched alkanes of at least 4 members (excludes halogenated alkanes) is 1. The van der Waals surface area contributed by atoms with Crippen molar-refractivity contribution in [3.8, 4) is 0 Å². The van der Waals surface area contributed by atoms with Crippen LogP contribution in [0.4, 0.5) is 11.4 Å². The van der Waals surface area contributed by atoms with Crippen LogP contribution < -0.4 is 5.32 Å². The number of aromatic carboxylic acids is 1. The Bertz CT molecular complexity index is 502. The first kappa shape index (κ1) is 16.9. The predicted octanol–water partition coefficient (Wildman–Crippen LogP) is 2.91. The van der Waals surface area contributed by atoms with Gasteiger partial charge in [-0.25, -0.2) is 4.79 Å². The summed E-state index contributed by atoms with van der Waals surface area (Å²) < 4.78 is 5.40. The molecule has 0 saturated heterocycles. The number of nitrogens with one attached hydrogen (secondary N) is 1. The highest BCUT2D eigenvalue weighted by Crippen LogP contribution is 2.23. The van der Waals surface area contributed by atoms with E-state index < -0.39 is 16.6 Å². The second-order valence-corrected chi connectivity index (χ2v) is 4.85. The summed E-state index contributed by atoms with van der Waals surface area (Å²) in [5.74, 6) is -1.31. The van der Waals surface area contributed by atoms with Gasteiger partial charge in [-0.1, -0.05) is 0 Å². The van der Waals surface area contributed by atoms with E-state index in [9.17, 15) is 14.9 Å². The summed E-state index contributed by atoms with van der Waals surface area (Å²) in [5, 5.41) is 22.8. The smallest absolute Gasteiger partial charge is 0.342 e. The van der Waals surface area contributed by atoms with Crippen molar-refractivity contribution in [3.05, 3.63) is 33.9 Å². The summed E-state index contributed by atoms with van der Waals surface area (Å²) in [4.78, 5) is 21.1. The summed E-state index contributed by atoms with van der Waals surface area (Å²) in [6.07, 6.45) is 1.96. The standard InChI is InChI=1S/C14H20N2O5/c1-10(2)21-8-4-3-7-15-11-5-6-12(14(17)18)13(9-11)16(19)20/h5-6,9-10,15H,3-4,7-8H2,1-2H3,(H,17,18). The van der Waals surface area contributed by atoms with Gasteiger partial charge in [-0.05, 0) is 38.8 Å². The summed E-state index contributed by atoms with van der Waals surface area (Å²) >= 11 is 0. The van der Waals surface area contributed by atoms with E-state index in [2.05, 4.69) is 5.32 Å². The number of rotatable bonds is 9. The summed E-state index contributed by atoms with van der Waals surface area (Å²) in [6.45, 7) is 5.27. The van der Waals surface area contributed by atoms with E-state index in [-0.39, 0.29) is 11.7 Å². The van der Waals surface area contributed by atoms with Gasteiger partial charge in [0.15, 0.2) is 0 Å². The number of nitrogens with zero attached hydrogens (tertiary/aromatic N) is 1. The monoisotopic (exact) mass is 296 g/mol. The molecule has 0 fully saturated rings. The number of nitro benzene ring substituents is 1. The van der Waals surface area contributed by atoms with Gasteiger partial charge in [-0.3, -0.25) is 10.1 Å². The number of ether oxygens (including phenoxy) is 1. The number of anilines is 1. The van der Waals surface area contributed by atoms with Gasteiger partial charge < -0.3 is 15.2 Å². The van der Waals surface area contributed by atoms with E-state index in [1.807, 2.05) is 13.8 Å². The third kappa shape index (κ3) is 5.78. The quantitative estimate of drug-likeness (QED) is 0.412. The Labute approximate surface area is 123 Å². The van der Waals surface area contributed by atoms with E-state index >= 15 is 0 Å². The lowest BCUT2D eigenvalue weighted by atomic mass is 10.1. The molecular formula is C14H20N2O5. The van der Waals surface area contributed by atoms with Crippen LogP contribution >= 0.6 is 0 Å². The van der Waals surface area contributed by atoms with E-state index in [1.165, 1.54) is 18.2 Å². The number of hydrogen-bond acceptors (Lipinski definition) is 5. The van der Waals surface area contributed by atoms with Crippen LogP contribution in [0.15, 0.2) is 18.2 Å². The molecule has 0 spiro atoms. The van der Waals surface area contributed by atoms with Gasteiger partial charge in [-0.2, -0.15) is 0 Å². The first-order valence-corrected chi connectivity index (χ1v) is 6.79. The number of carboxylic acids is 1. The molecular weight excluding hydrogens is 276 g/mol. The van der Waals surface area contributed by atoms with Gasteiger partial charge in [0.2, 0.25) is 0 Å². The second-order valence-electron chi connectivity index (χ2n) is 4.85. The zero-order valence-electron chi connectivity index (χ0n) is 12.2. The minimum Gasteiger partial charge on any atom is -0.477 e. The highest BCUT2D eigenvalue weighted by atomic mass is 16.6. The predicted molar refractivity (Wildman–Crippen MR) is 78.9 cm³/mol. The third-order valence-corrected chi connectivity index (χ3v) is 2.78. The van der Waals surface area contributed by atoms with Crippen molar-refractivity contribution < 1.29 is 19.6 Å². The molecule has 1 aromatic carbocycles. The van der Waals surface area contributed by atoms with Gasteiger partial charge in [0, 0.05) is 24.9 Å². The average molecular weight is 296 g/mol. The molecule has 0 aliphatic rings. The highest BCUT2D eigenvalue weighted by molar-refractivity contribution is 5.93. The van der Waals surface area contributed by atoms with Crippen molar-refractivity contribution in [2.45, 2.75) is 32.8 Å². The number of benzene rings is 1. The molecule has 0 heterocycles. The van der Waals surface area contributed by atoms with Crippen molar-refractivity contribution in [3.63, 3.8) is 0 Å². The number of carbonyl (C=O) groups is 1. The summed E-state index contributed by atoms with van der Waals surface area (Å²) in [5.41, 5.74) is -0.178. The molecule has 7 heteroatoms. The molecule has 0 aromatic heterocycles. The molecule has 0 radical (unpaired) electrons. The number of nitro groups is 1. The van der Waals surface area contributed by atoms with Crippen molar-refractivity contribution in [2.24, 2.45) is 0 Å². The Hall–Kier alpha value is -2.15. The lowest BCUT2D eigenvalue weighted by Gasteiger charge is -2.09. The Balaban J connectivity index is 2.51. The van der Waals surface area contributed by atoms with Crippen molar-refractivity contribution in [1.29, 1.82) is 0 Å². The SMILES string of the molecule is CC(C)OCCCCNc1ccc(C(=O)O)c([N+](=O)[O-])c1. The van der Waals surface area contributed by atoms with Crippen LogP contribution in [0.3, 0.4) is 0 Å². The van der Waals surface area contributed by atoms with Crippen molar-refractivity contribution in [1.82, 2.24) is 0 Å². The first-order valence-electron chi connectivity index (χ1n) is 6.79. The molecule has 1 aromatic rings. The molecule has 0 aliphatic heterocycles. The Morgan fingerprint density at radius 2 is 2.14 bits per heavy atom. The summed E-state index contributed by atoms with van der Waals surface area (Å²) in [7, 11) is 0. The van der Waals surface area contributed by atoms with Crippen LogP contribution in [0.2, 0.25) is 0 Å². The van der Waals surface area contributed by atoms with Crippen molar-refractivity contribution in [2.75, 3.05) is 18.5 Å². The second kappa shape index (κ2) is 8.21. The van der Waals surface area contributed by atoms with Crippen LogP contribution in [0, 0.1) is 10.1 Å². The van der Waals surface area contributed by atoms with Crippen LogP contribution in [0.1, 0.15) is 37.0 Å². The van der Waals surface area contributed by atoms with E-state index in [1.54, 1.807) is 0 Å². The molecule has 0 aliphatic carbocycles. The Morgan fingerprint density at radius 1 is 1.43 bits per heavy atom. The van der Waals surface area contributed by atoms with Gasteiger partial charge >= 0.3 is 5.97 Å². The Kier molecular flexibility index (Phi) is 6.61. The fourth-order valence-electron chi connectivity index (χ4n) is 1.75. The lowest BCUT2D eigenvalue weighted by Crippen LogP contribution is -2.08. The molecule has 2 N–H and O–H groups in total. The third-order valence-electron chi connectivity index (χ3n) is 2.78. The molecule has 7 nitrogen and oxygen atoms in total. The molecule has 0 atom stereocenters. The maximum Gasteiger partial charge on any atom is 0.342 e. The fourth-order valence-corrected chi connectivity index (χ4v) is 1.75. The molecule has 21 heavy (non-hydrogen) atoms. The van der Waals surface area contributed by atoms with Crippen LogP contribution in [0.5, 0.6) is 0 Å². The van der Waals surface area contributed by atoms with Crippen LogP contribution in [0.25, 0.3) is 0 Å². The molecule has 1 rings (SSSR count). The maximum atomic E-state index is 10.9. The van der Waals surface area contributed by atoms with Gasteiger partial charge in [0.05, 0.1) is 11.0 Å². The number of carboxylic acid groups (broad SMARTS) is 1. The number of hydrogen-bond donors (Lipinski definition) is 2. The van der Waals surface area contributed by atoms with Crippen molar-refractivity contribution >= 4 is 17.3 Å². The molecule has 0 amide bonds. The van der Waals surface area contributed by atoms with E-state index in [0.717, 1.165) is 12.8 Å². The molecule has 116 valence electrons. The first-order chi connectivity index (χ1) is 9.91. The van der Waals surface area contributed by atoms with Gasteiger partial charge in [-0.15, -0.1) is 0 Å².